The van der Waals surface area contributed by atoms with E-state index in [9.17, 15) is 0 Å². The maximum atomic E-state index is 5.39. The second-order valence-corrected chi connectivity index (χ2v) is 3.26. The van der Waals surface area contributed by atoms with Gasteiger partial charge in [-0.25, -0.2) is 0 Å². The Kier molecular flexibility index (Phi) is 8.46. The van der Waals surface area contributed by atoms with Gasteiger partial charge in [0, 0.05) is 13.7 Å². The fourth-order valence-electron chi connectivity index (χ4n) is 1.37. The molecule has 0 saturated heterocycles. The zero-order valence-electron chi connectivity index (χ0n) is 9.21. The van der Waals surface area contributed by atoms with E-state index in [2.05, 4.69) is 13.8 Å². The molecule has 79 valence electrons. The Morgan fingerprint density at radius 2 is 1.92 bits per heavy atom. The number of hydrogen-bond acceptors (Lipinski definition) is 2. The lowest BCUT2D eigenvalue weighted by Crippen LogP contribution is -2.28. The van der Waals surface area contributed by atoms with Crippen molar-refractivity contribution < 1.29 is 9.47 Å². The first kappa shape index (κ1) is 12.9. The van der Waals surface area contributed by atoms with Crippen molar-refractivity contribution in [1.82, 2.24) is 0 Å². The van der Waals surface area contributed by atoms with Crippen molar-refractivity contribution in [3.63, 3.8) is 0 Å². The summed E-state index contributed by atoms with van der Waals surface area (Å²) in [6.07, 6.45) is 4.90. The van der Waals surface area contributed by atoms with Crippen molar-refractivity contribution in [2.45, 2.75) is 51.7 Å². The van der Waals surface area contributed by atoms with Gasteiger partial charge in [-0.2, -0.15) is 0 Å². The second kappa shape index (κ2) is 8.52. The lowest BCUT2D eigenvalue weighted by atomic mass is 10.1. The van der Waals surface area contributed by atoms with E-state index in [0.717, 1.165) is 6.42 Å². The molecule has 2 unspecified atom stereocenters. The van der Waals surface area contributed by atoms with Crippen LogP contribution >= 0.6 is 0 Å². The molecule has 0 fully saturated rings. The Bertz CT molecular complexity index is 104. The van der Waals surface area contributed by atoms with Crippen LogP contribution in [0.4, 0.5) is 0 Å². The molecule has 0 aromatic rings. The van der Waals surface area contributed by atoms with Crippen LogP contribution in [0.25, 0.3) is 0 Å². The van der Waals surface area contributed by atoms with E-state index in [-0.39, 0.29) is 12.2 Å². The Morgan fingerprint density at radius 1 is 1.23 bits per heavy atom. The Hall–Kier alpha value is -0.0800. The van der Waals surface area contributed by atoms with Crippen LogP contribution in [-0.4, -0.2) is 25.9 Å². The van der Waals surface area contributed by atoms with E-state index in [0.29, 0.717) is 6.61 Å². The Labute approximate surface area is 82.6 Å². The first-order chi connectivity index (χ1) is 6.26. The predicted octanol–water partition coefficient (Wildman–Crippen LogP) is 2.82. The van der Waals surface area contributed by atoms with Crippen LogP contribution in [0.15, 0.2) is 0 Å². The molecule has 13 heavy (non-hydrogen) atoms. The van der Waals surface area contributed by atoms with Crippen molar-refractivity contribution in [3.05, 3.63) is 6.92 Å². The topological polar surface area (TPSA) is 18.5 Å². The van der Waals surface area contributed by atoms with Crippen molar-refractivity contribution >= 4 is 0 Å². The minimum Gasteiger partial charge on any atom is -0.379 e. The molecule has 1 radical (unpaired) electrons. The SMILES string of the molecule is [CH2]C(OCC)C(CCCCC)OC. The molecule has 0 aromatic carbocycles. The second-order valence-electron chi connectivity index (χ2n) is 3.26. The van der Waals surface area contributed by atoms with Crippen LogP contribution in [-0.2, 0) is 9.47 Å². The molecular formula is C11H23O2. The summed E-state index contributed by atoms with van der Waals surface area (Å²) in [4.78, 5) is 0. The quantitative estimate of drug-likeness (QED) is 0.544. The first-order valence-corrected chi connectivity index (χ1v) is 5.23. The van der Waals surface area contributed by atoms with Crippen LogP contribution in [0, 0.1) is 6.92 Å². The van der Waals surface area contributed by atoms with Gasteiger partial charge >= 0.3 is 0 Å². The smallest absolute Gasteiger partial charge is 0.0837 e. The van der Waals surface area contributed by atoms with Crippen LogP contribution in [0.3, 0.4) is 0 Å². The van der Waals surface area contributed by atoms with Gasteiger partial charge in [0.1, 0.15) is 0 Å². The summed E-state index contributed by atoms with van der Waals surface area (Å²) in [6.45, 7) is 8.82. The highest BCUT2D eigenvalue weighted by atomic mass is 16.5. The molecule has 2 nitrogen and oxygen atoms in total. The molecule has 0 saturated carbocycles. The highest BCUT2D eigenvalue weighted by molar-refractivity contribution is 4.72. The maximum absolute atomic E-state index is 5.39. The summed E-state index contributed by atoms with van der Waals surface area (Å²) in [5.74, 6) is 0. The predicted molar refractivity (Wildman–Crippen MR) is 55.7 cm³/mol. The molecule has 2 heteroatoms. The fourth-order valence-corrected chi connectivity index (χ4v) is 1.37. The van der Waals surface area contributed by atoms with Gasteiger partial charge < -0.3 is 9.47 Å². The summed E-state index contributed by atoms with van der Waals surface area (Å²) in [6, 6.07) is 0. The molecule has 0 aliphatic rings. The number of unbranched alkanes of at least 4 members (excludes halogenated alkanes) is 2. The molecule has 0 spiro atoms. The zero-order chi connectivity index (χ0) is 10.1. The van der Waals surface area contributed by atoms with Gasteiger partial charge in [-0.3, -0.25) is 0 Å². The largest absolute Gasteiger partial charge is 0.379 e. The molecule has 0 aliphatic heterocycles. The molecule has 0 aromatic heterocycles. The molecule has 0 bridgehead atoms. The molecule has 0 heterocycles. The maximum Gasteiger partial charge on any atom is 0.0837 e. The van der Waals surface area contributed by atoms with Crippen molar-refractivity contribution in [3.8, 4) is 0 Å². The van der Waals surface area contributed by atoms with E-state index < -0.39 is 0 Å². The van der Waals surface area contributed by atoms with Gasteiger partial charge in [-0.15, -0.1) is 0 Å². The lowest BCUT2D eigenvalue weighted by Gasteiger charge is -2.22. The minimum absolute atomic E-state index is 0.0214. The summed E-state index contributed by atoms with van der Waals surface area (Å²) >= 11 is 0. The third-order valence-corrected chi connectivity index (χ3v) is 2.19. The van der Waals surface area contributed by atoms with Gasteiger partial charge in [-0.05, 0) is 20.3 Å². The van der Waals surface area contributed by atoms with E-state index in [1.807, 2.05) is 6.92 Å². The normalized spacial score (nSPS) is 15.7. The molecule has 0 aliphatic carbocycles. The van der Waals surface area contributed by atoms with Crippen molar-refractivity contribution in [2.24, 2.45) is 0 Å². The van der Waals surface area contributed by atoms with Gasteiger partial charge in [0.15, 0.2) is 0 Å². The number of rotatable bonds is 8. The monoisotopic (exact) mass is 187 g/mol. The van der Waals surface area contributed by atoms with Crippen LogP contribution < -0.4 is 0 Å². The van der Waals surface area contributed by atoms with Gasteiger partial charge in [0.2, 0.25) is 0 Å². The highest BCUT2D eigenvalue weighted by Gasteiger charge is 2.15. The number of methoxy groups -OCH3 is 1. The van der Waals surface area contributed by atoms with E-state index in [1.165, 1.54) is 19.3 Å². The van der Waals surface area contributed by atoms with E-state index >= 15 is 0 Å². The molecule has 2 atom stereocenters. The minimum atomic E-state index is -0.0214. The summed E-state index contributed by atoms with van der Waals surface area (Å²) < 4.78 is 10.7. The highest BCUT2D eigenvalue weighted by Crippen LogP contribution is 2.11. The summed E-state index contributed by atoms with van der Waals surface area (Å²) in [7, 11) is 1.73. The zero-order valence-corrected chi connectivity index (χ0v) is 9.21. The summed E-state index contributed by atoms with van der Waals surface area (Å²) in [5, 5.41) is 0. The Balaban J connectivity index is 3.60. The standard InChI is InChI=1S/C11H23O2/c1-5-7-8-9-11(12-4)10(3)13-6-2/h10-11H,3,5-9H2,1-2,4H3. The van der Waals surface area contributed by atoms with Crippen molar-refractivity contribution in [2.75, 3.05) is 13.7 Å². The molecular weight excluding hydrogens is 164 g/mol. The molecule has 0 rings (SSSR count). The average Bonchev–Trinajstić information content (AvgIpc) is 2.13. The van der Waals surface area contributed by atoms with Gasteiger partial charge in [0.25, 0.3) is 0 Å². The fraction of sp³-hybridized carbons (Fsp3) is 0.909. The number of hydrogen-bond donors (Lipinski definition) is 0. The first-order valence-electron chi connectivity index (χ1n) is 5.23. The summed E-state index contributed by atoms with van der Waals surface area (Å²) in [5.41, 5.74) is 0. The van der Waals surface area contributed by atoms with Crippen LogP contribution in [0.2, 0.25) is 0 Å². The molecule has 0 amide bonds. The van der Waals surface area contributed by atoms with E-state index in [4.69, 9.17) is 9.47 Å². The van der Waals surface area contributed by atoms with E-state index in [1.54, 1.807) is 7.11 Å². The third-order valence-electron chi connectivity index (χ3n) is 2.19. The van der Waals surface area contributed by atoms with Crippen LogP contribution in [0.1, 0.15) is 39.5 Å². The lowest BCUT2D eigenvalue weighted by molar-refractivity contribution is -0.0340. The van der Waals surface area contributed by atoms with Crippen molar-refractivity contribution in [1.29, 1.82) is 0 Å². The Morgan fingerprint density at radius 3 is 2.38 bits per heavy atom. The van der Waals surface area contributed by atoms with Gasteiger partial charge in [0.05, 0.1) is 12.2 Å². The van der Waals surface area contributed by atoms with Crippen LogP contribution in [0.5, 0.6) is 0 Å². The molecule has 0 N–H and O–H groups in total. The van der Waals surface area contributed by atoms with Gasteiger partial charge in [-0.1, -0.05) is 26.2 Å². The number of ether oxygens (including phenoxy) is 2. The third kappa shape index (κ3) is 6.05. The average molecular weight is 187 g/mol.